The molecule has 4 aromatic rings. The molecular formula is C28H30N4O3S2. The molecule has 1 aromatic heterocycles. The van der Waals surface area contributed by atoms with E-state index in [1.165, 1.54) is 29.2 Å². The van der Waals surface area contributed by atoms with E-state index in [0.717, 1.165) is 29.9 Å². The van der Waals surface area contributed by atoms with Crippen LogP contribution in [0, 0.1) is 6.92 Å². The molecule has 0 saturated heterocycles. The number of benzene rings is 3. The topological polar surface area (TPSA) is 91.4 Å². The van der Waals surface area contributed by atoms with Gasteiger partial charge in [0.2, 0.25) is 0 Å². The molecule has 0 spiro atoms. The lowest BCUT2D eigenvalue weighted by molar-refractivity contribution is 0.0984. The van der Waals surface area contributed by atoms with Crippen molar-refractivity contribution >= 4 is 38.6 Å². The van der Waals surface area contributed by atoms with Gasteiger partial charge in [-0.3, -0.25) is 4.79 Å². The number of thiazole rings is 1. The van der Waals surface area contributed by atoms with Crippen LogP contribution in [0.2, 0.25) is 0 Å². The first kappa shape index (κ1) is 26.4. The van der Waals surface area contributed by atoms with Gasteiger partial charge in [-0.2, -0.15) is 0 Å². The normalized spacial score (nSPS) is 11.2. The summed E-state index contributed by atoms with van der Waals surface area (Å²) in [7, 11) is -4.03. The minimum Gasteiger partial charge on any atom is -0.381 e. The molecule has 0 aliphatic rings. The molecule has 7 nitrogen and oxygen atoms in total. The minimum absolute atomic E-state index is 0.0143. The third-order valence-corrected chi connectivity index (χ3v) is 8.53. The van der Waals surface area contributed by atoms with E-state index >= 15 is 0 Å². The predicted molar refractivity (Wildman–Crippen MR) is 151 cm³/mol. The summed E-state index contributed by atoms with van der Waals surface area (Å²) in [6.07, 6.45) is 0. The van der Waals surface area contributed by atoms with E-state index in [2.05, 4.69) is 58.0 Å². The van der Waals surface area contributed by atoms with Crippen LogP contribution in [0.4, 0.5) is 11.4 Å². The van der Waals surface area contributed by atoms with Crippen LogP contribution in [-0.4, -0.2) is 32.4 Å². The molecule has 192 valence electrons. The number of aromatic nitrogens is 1. The van der Waals surface area contributed by atoms with E-state index in [0.29, 0.717) is 17.2 Å². The highest BCUT2D eigenvalue weighted by atomic mass is 32.2. The molecular weight excluding hydrogens is 504 g/mol. The molecule has 4 rings (SSSR count). The number of anilines is 2. The Hall–Kier alpha value is -3.69. The van der Waals surface area contributed by atoms with E-state index in [1.54, 1.807) is 19.1 Å². The Morgan fingerprint density at radius 3 is 2.19 bits per heavy atom. The Balaban J connectivity index is 1.38. The smallest absolute Gasteiger partial charge is 0.277 e. The summed E-state index contributed by atoms with van der Waals surface area (Å²) in [5.74, 6) is -0.687. The van der Waals surface area contributed by atoms with Gasteiger partial charge in [-0.05, 0) is 62.7 Å². The van der Waals surface area contributed by atoms with Crippen LogP contribution in [0.5, 0.6) is 0 Å². The SMILES string of the molecule is CCN(CC)c1ccc(CNc2ccc(S(=O)(=O)NC(=O)c3sc(-c4ccccc4)nc3C)cc2)cc1. The van der Waals surface area contributed by atoms with Gasteiger partial charge in [0.05, 0.1) is 10.6 Å². The number of amides is 1. The highest BCUT2D eigenvalue weighted by Gasteiger charge is 2.23. The van der Waals surface area contributed by atoms with Crippen LogP contribution >= 0.6 is 11.3 Å². The summed E-state index contributed by atoms with van der Waals surface area (Å²) in [6, 6.07) is 24.2. The van der Waals surface area contributed by atoms with E-state index in [1.807, 2.05) is 30.3 Å². The number of nitrogens with one attached hydrogen (secondary N) is 2. The molecule has 3 aromatic carbocycles. The van der Waals surface area contributed by atoms with Gasteiger partial charge >= 0.3 is 0 Å². The predicted octanol–water partition coefficient (Wildman–Crippen LogP) is 5.70. The van der Waals surface area contributed by atoms with Crippen molar-refractivity contribution in [3.05, 3.63) is 95.0 Å². The van der Waals surface area contributed by atoms with Gasteiger partial charge in [0.25, 0.3) is 15.9 Å². The van der Waals surface area contributed by atoms with E-state index in [9.17, 15) is 13.2 Å². The van der Waals surface area contributed by atoms with Gasteiger partial charge < -0.3 is 10.2 Å². The van der Waals surface area contributed by atoms with Crippen LogP contribution in [0.1, 0.15) is 34.8 Å². The van der Waals surface area contributed by atoms with Crippen molar-refractivity contribution in [2.75, 3.05) is 23.3 Å². The van der Waals surface area contributed by atoms with Gasteiger partial charge in [-0.1, -0.05) is 42.5 Å². The summed E-state index contributed by atoms with van der Waals surface area (Å²) in [5, 5.41) is 3.97. The van der Waals surface area contributed by atoms with Gasteiger partial charge in [-0.15, -0.1) is 11.3 Å². The highest BCUT2D eigenvalue weighted by Crippen LogP contribution is 2.28. The lowest BCUT2D eigenvalue weighted by Gasteiger charge is -2.21. The zero-order valence-electron chi connectivity index (χ0n) is 21.1. The average Bonchev–Trinajstić information content (AvgIpc) is 3.31. The summed E-state index contributed by atoms with van der Waals surface area (Å²) in [4.78, 5) is 19.8. The fourth-order valence-electron chi connectivity index (χ4n) is 3.91. The maximum Gasteiger partial charge on any atom is 0.277 e. The first-order valence-electron chi connectivity index (χ1n) is 12.1. The second-order valence-electron chi connectivity index (χ2n) is 8.45. The molecule has 0 bridgehead atoms. The van der Waals surface area contributed by atoms with Gasteiger partial charge in [0.1, 0.15) is 9.88 Å². The Kier molecular flexibility index (Phi) is 8.25. The first-order chi connectivity index (χ1) is 17.8. The molecule has 0 unspecified atom stereocenters. The third-order valence-electron chi connectivity index (χ3n) is 5.98. The Morgan fingerprint density at radius 1 is 0.919 bits per heavy atom. The van der Waals surface area contributed by atoms with Crippen molar-refractivity contribution in [2.45, 2.75) is 32.2 Å². The number of rotatable bonds is 10. The standard InChI is InChI=1S/C28H30N4O3S2/c1-4-32(5-2)24-15-11-21(12-16-24)19-29-23-13-17-25(18-14-23)37(34,35)31-27(33)26-20(3)30-28(36-26)22-9-7-6-8-10-22/h6-18,29H,4-5,19H2,1-3H3,(H,31,33). The van der Waals surface area contributed by atoms with Gasteiger partial charge in [-0.25, -0.2) is 18.1 Å². The van der Waals surface area contributed by atoms with Gasteiger partial charge in [0.15, 0.2) is 0 Å². The van der Waals surface area contributed by atoms with Crippen molar-refractivity contribution in [2.24, 2.45) is 0 Å². The summed E-state index contributed by atoms with van der Waals surface area (Å²) in [5.41, 5.74) is 4.45. The number of hydrogen-bond donors (Lipinski definition) is 2. The van der Waals surface area contributed by atoms with Crippen molar-refractivity contribution in [1.29, 1.82) is 0 Å². The molecule has 0 atom stereocenters. The second-order valence-corrected chi connectivity index (χ2v) is 11.1. The van der Waals surface area contributed by atoms with Crippen LogP contribution in [-0.2, 0) is 16.6 Å². The van der Waals surface area contributed by atoms with Crippen molar-refractivity contribution in [1.82, 2.24) is 9.71 Å². The van der Waals surface area contributed by atoms with Crippen LogP contribution < -0.4 is 14.9 Å². The number of hydrogen-bond acceptors (Lipinski definition) is 7. The fourth-order valence-corrected chi connectivity index (χ4v) is 5.90. The molecule has 1 heterocycles. The van der Waals surface area contributed by atoms with Crippen LogP contribution in [0.3, 0.4) is 0 Å². The van der Waals surface area contributed by atoms with Crippen molar-refractivity contribution in [3.63, 3.8) is 0 Å². The molecule has 1 amide bonds. The zero-order valence-corrected chi connectivity index (χ0v) is 22.7. The highest BCUT2D eigenvalue weighted by molar-refractivity contribution is 7.90. The Bertz CT molecular complexity index is 1450. The molecule has 37 heavy (non-hydrogen) atoms. The molecule has 2 N–H and O–H groups in total. The average molecular weight is 535 g/mol. The fraction of sp³-hybridized carbons (Fsp3) is 0.214. The van der Waals surface area contributed by atoms with Crippen LogP contribution in [0.25, 0.3) is 10.6 Å². The summed E-state index contributed by atoms with van der Waals surface area (Å²) < 4.78 is 27.9. The number of aryl methyl sites for hydroxylation is 1. The van der Waals surface area contributed by atoms with Gasteiger partial charge in [0, 0.05) is 36.6 Å². The zero-order chi connectivity index (χ0) is 26.4. The first-order valence-corrected chi connectivity index (χ1v) is 14.4. The second kappa shape index (κ2) is 11.6. The lowest BCUT2D eigenvalue weighted by atomic mass is 10.2. The maximum atomic E-state index is 12.9. The van der Waals surface area contributed by atoms with E-state index in [4.69, 9.17) is 0 Å². The third kappa shape index (κ3) is 6.36. The van der Waals surface area contributed by atoms with Crippen LogP contribution in [0.15, 0.2) is 83.8 Å². The summed E-state index contributed by atoms with van der Waals surface area (Å²) in [6.45, 7) is 8.50. The largest absolute Gasteiger partial charge is 0.381 e. The lowest BCUT2D eigenvalue weighted by Crippen LogP contribution is -2.30. The molecule has 0 aliphatic carbocycles. The van der Waals surface area contributed by atoms with E-state index in [-0.39, 0.29) is 9.77 Å². The number of carbonyl (C=O) groups is 1. The molecule has 0 saturated carbocycles. The summed E-state index contributed by atoms with van der Waals surface area (Å²) >= 11 is 1.17. The van der Waals surface area contributed by atoms with Crippen molar-refractivity contribution < 1.29 is 13.2 Å². The number of nitrogens with zero attached hydrogens (tertiary/aromatic N) is 2. The Morgan fingerprint density at radius 2 is 1.57 bits per heavy atom. The molecule has 9 heteroatoms. The Labute approximate surface area is 222 Å². The van der Waals surface area contributed by atoms with Crippen molar-refractivity contribution in [3.8, 4) is 10.6 Å². The molecule has 0 aliphatic heterocycles. The number of sulfonamides is 1. The molecule has 0 radical (unpaired) electrons. The number of carbonyl (C=O) groups excluding carboxylic acids is 1. The van der Waals surface area contributed by atoms with E-state index < -0.39 is 15.9 Å². The molecule has 0 fully saturated rings. The quantitative estimate of drug-likeness (QED) is 0.271. The maximum absolute atomic E-state index is 12.9. The monoisotopic (exact) mass is 534 g/mol. The minimum atomic E-state index is -4.03.